The molecule has 1 aliphatic rings. The molecule has 4 nitrogen and oxygen atoms in total. The van der Waals surface area contributed by atoms with Crippen molar-refractivity contribution in [2.75, 3.05) is 26.2 Å². The summed E-state index contributed by atoms with van der Waals surface area (Å²) in [6.45, 7) is 6.85. The fourth-order valence-electron chi connectivity index (χ4n) is 3.52. The van der Waals surface area contributed by atoms with Crippen LogP contribution in [0.4, 0.5) is 0 Å². The van der Waals surface area contributed by atoms with Gasteiger partial charge in [-0.1, -0.05) is 50.2 Å². The second-order valence-electron chi connectivity index (χ2n) is 7.46. The molecule has 0 spiro atoms. The molecule has 1 fully saturated rings. The standard InChI is InChI=1S/C22H28N2O2.ClH/c1-16(2)15-26-20-10-6-9-18(11-20)22(25)24-13-19(12-23)21(14-24)17-7-4-3-5-8-17;/h3-11,16,19,21H,12-15,23H2,1-2H3;1H/t19-,21+;/m1./s1. The molecule has 0 aromatic heterocycles. The first-order valence-electron chi connectivity index (χ1n) is 9.35. The van der Waals surface area contributed by atoms with E-state index in [4.69, 9.17) is 10.5 Å². The molecule has 2 atom stereocenters. The smallest absolute Gasteiger partial charge is 0.254 e. The van der Waals surface area contributed by atoms with Crippen LogP contribution in [0, 0.1) is 11.8 Å². The van der Waals surface area contributed by atoms with Crippen LogP contribution in [0.15, 0.2) is 54.6 Å². The van der Waals surface area contributed by atoms with E-state index >= 15 is 0 Å². The number of carbonyl (C=O) groups excluding carboxylic acids is 1. The lowest BCUT2D eigenvalue weighted by Gasteiger charge is -2.17. The van der Waals surface area contributed by atoms with Crippen LogP contribution in [0.25, 0.3) is 0 Å². The third-order valence-electron chi connectivity index (χ3n) is 4.92. The Balaban J connectivity index is 0.00000261. The summed E-state index contributed by atoms with van der Waals surface area (Å²) in [5.41, 5.74) is 7.93. The van der Waals surface area contributed by atoms with Gasteiger partial charge in [0.25, 0.3) is 5.91 Å². The highest BCUT2D eigenvalue weighted by Crippen LogP contribution is 2.33. The molecule has 1 heterocycles. The summed E-state index contributed by atoms with van der Waals surface area (Å²) in [6, 6.07) is 17.8. The van der Waals surface area contributed by atoms with Gasteiger partial charge in [-0.05, 0) is 42.1 Å². The average Bonchev–Trinajstić information content (AvgIpc) is 3.11. The molecular formula is C22H29ClN2O2. The number of hydrogen-bond acceptors (Lipinski definition) is 3. The molecule has 0 unspecified atom stereocenters. The molecule has 1 amide bonds. The number of amides is 1. The Morgan fingerprint density at radius 1 is 1.15 bits per heavy atom. The van der Waals surface area contributed by atoms with Gasteiger partial charge < -0.3 is 15.4 Å². The number of ether oxygens (including phenoxy) is 1. The molecule has 2 aromatic carbocycles. The molecule has 1 aliphatic heterocycles. The van der Waals surface area contributed by atoms with E-state index in [0.717, 1.165) is 5.75 Å². The topological polar surface area (TPSA) is 55.6 Å². The second-order valence-corrected chi connectivity index (χ2v) is 7.46. The van der Waals surface area contributed by atoms with Crippen LogP contribution in [0.5, 0.6) is 5.75 Å². The molecule has 0 aliphatic carbocycles. The monoisotopic (exact) mass is 388 g/mol. The minimum absolute atomic E-state index is 0. The van der Waals surface area contributed by atoms with Crippen LogP contribution < -0.4 is 10.5 Å². The van der Waals surface area contributed by atoms with Crippen molar-refractivity contribution in [1.29, 1.82) is 0 Å². The van der Waals surface area contributed by atoms with Gasteiger partial charge in [0.2, 0.25) is 0 Å². The highest BCUT2D eigenvalue weighted by Gasteiger charge is 2.35. The van der Waals surface area contributed by atoms with E-state index < -0.39 is 0 Å². The molecule has 5 heteroatoms. The van der Waals surface area contributed by atoms with Crippen molar-refractivity contribution in [1.82, 2.24) is 4.90 Å². The van der Waals surface area contributed by atoms with Crippen molar-refractivity contribution >= 4 is 18.3 Å². The number of hydrogen-bond donors (Lipinski definition) is 1. The van der Waals surface area contributed by atoms with E-state index in [9.17, 15) is 4.79 Å². The molecule has 2 aromatic rings. The average molecular weight is 389 g/mol. The Kier molecular flexibility index (Phi) is 7.69. The SMILES string of the molecule is CC(C)COc1cccc(C(=O)N2C[C@@H](CN)[C@H](c3ccccc3)C2)c1.Cl. The predicted octanol–water partition coefficient (Wildman–Crippen LogP) is 3.96. The van der Waals surface area contributed by atoms with Gasteiger partial charge in [-0.25, -0.2) is 0 Å². The Bertz CT molecular complexity index is 736. The van der Waals surface area contributed by atoms with Gasteiger partial charge in [0.05, 0.1) is 6.61 Å². The number of benzene rings is 2. The van der Waals surface area contributed by atoms with Gasteiger partial charge in [0.1, 0.15) is 5.75 Å². The third-order valence-corrected chi connectivity index (χ3v) is 4.92. The first-order valence-corrected chi connectivity index (χ1v) is 9.35. The van der Waals surface area contributed by atoms with E-state index in [0.29, 0.717) is 49.6 Å². The summed E-state index contributed by atoms with van der Waals surface area (Å²) >= 11 is 0. The van der Waals surface area contributed by atoms with Gasteiger partial charge in [0, 0.05) is 24.6 Å². The van der Waals surface area contributed by atoms with Crippen LogP contribution in [-0.4, -0.2) is 37.0 Å². The van der Waals surface area contributed by atoms with Crippen LogP contribution >= 0.6 is 12.4 Å². The van der Waals surface area contributed by atoms with Crippen LogP contribution in [0.3, 0.4) is 0 Å². The van der Waals surface area contributed by atoms with Crippen molar-refractivity contribution in [3.05, 3.63) is 65.7 Å². The van der Waals surface area contributed by atoms with Gasteiger partial charge in [0.15, 0.2) is 0 Å². The van der Waals surface area contributed by atoms with Crippen molar-refractivity contribution in [3.8, 4) is 5.75 Å². The Hall–Kier alpha value is -2.04. The van der Waals surface area contributed by atoms with Crippen molar-refractivity contribution in [2.24, 2.45) is 17.6 Å². The van der Waals surface area contributed by atoms with E-state index in [-0.39, 0.29) is 18.3 Å². The number of carbonyl (C=O) groups is 1. The van der Waals surface area contributed by atoms with Crippen LogP contribution in [-0.2, 0) is 0 Å². The molecule has 27 heavy (non-hydrogen) atoms. The molecular weight excluding hydrogens is 360 g/mol. The van der Waals surface area contributed by atoms with E-state index in [1.807, 2.05) is 47.4 Å². The molecule has 0 radical (unpaired) electrons. The summed E-state index contributed by atoms with van der Waals surface area (Å²) in [6.07, 6.45) is 0. The van der Waals surface area contributed by atoms with E-state index in [2.05, 4.69) is 26.0 Å². The highest BCUT2D eigenvalue weighted by atomic mass is 35.5. The molecule has 0 saturated carbocycles. The van der Waals surface area contributed by atoms with Crippen LogP contribution in [0.2, 0.25) is 0 Å². The zero-order valence-corrected chi connectivity index (χ0v) is 16.8. The maximum Gasteiger partial charge on any atom is 0.254 e. The summed E-state index contributed by atoms with van der Waals surface area (Å²) in [5.74, 6) is 1.84. The van der Waals surface area contributed by atoms with Gasteiger partial charge >= 0.3 is 0 Å². The highest BCUT2D eigenvalue weighted by molar-refractivity contribution is 5.94. The second kappa shape index (κ2) is 9.77. The molecule has 2 N–H and O–H groups in total. The predicted molar refractivity (Wildman–Crippen MR) is 112 cm³/mol. The molecule has 1 saturated heterocycles. The molecule has 0 bridgehead atoms. The Labute approximate surface area is 168 Å². The zero-order chi connectivity index (χ0) is 18.5. The molecule has 146 valence electrons. The van der Waals surface area contributed by atoms with E-state index in [1.54, 1.807) is 0 Å². The summed E-state index contributed by atoms with van der Waals surface area (Å²) in [4.78, 5) is 14.9. The summed E-state index contributed by atoms with van der Waals surface area (Å²) < 4.78 is 5.76. The maximum atomic E-state index is 13.0. The largest absolute Gasteiger partial charge is 0.493 e. The third kappa shape index (κ3) is 5.24. The minimum atomic E-state index is 0. The zero-order valence-electron chi connectivity index (χ0n) is 16.0. The lowest BCUT2D eigenvalue weighted by molar-refractivity contribution is 0.0786. The first-order chi connectivity index (χ1) is 12.6. The van der Waals surface area contributed by atoms with Crippen molar-refractivity contribution in [2.45, 2.75) is 19.8 Å². The number of nitrogens with zero attached hydrogens (tertiary/aromatic N) is 1. The Morgan fingerprint density at radius 2 is 1.89 bits per heavy atom. The van der Waals surface area contributed by atoms with Gasteiger partial charge in [-0.3, -0.25) is 4.79 Å². The fraction of sp³-hybridized carbons (Fsp3) is 0.409. The van der Waals surface area contributed by atoms with Crippen molar-refractivity contribution in [3.63, 3.8) is 0 Å². The number of halogens is 1. The lowest BCUT2D eigenvalue weighted by atomic mass is 9.89. The lowest BCUT2D eigenvalue weighted by Crippen LogP contribution is -2.29. The maximum absolute atomic E-state index is 13.0. The summed E-state index contributed by atoms with van der Waals surface area (Å²) in [5, 5.41) is 0. The summed E-state index contributed by atoms with van der Waals surface area (Å²) in [7, 11) is 0. The number of nitrogens with two attached hydrogens (primary N) is 1. The van der Waals surface area contributed by atoms with E-state index in [1.165, 1.54) is 5.56 Å². The number of likely N-dealkylation sites (tertiary alicyclic amines) is 1. The number of rotatable bonds is 6. The minimum Gasteiger partial charge on any atom is -0.493 e. The van der Waals surface area contributed by atoms with Crippen molar-refractivity contribution < 1.29 is 9.53 Å². The van der Waals surface area contributed by atoms with Gasteiger partial charge in [-0.2, -0.15) is 0 Å². The Morgan fingerprint density at radius 3 is 2.56 bits per heavy atom. The fourth-order valence-corrected chi connectivity index (χ4v) is 3.52. The first kappa shape index (κ1) is 21.3. The quantitative estimate of drug-likeness (QED) is 0.814. The van der Waals surface area contributed by atoms with Crippen LogP contribution in [0.1, 0.15) is 35.7 Å². The van der Waals surface area contributed by atoms with Gasteiger partial charge in [-0.15, -0.1) is 12.4 Å². The molecule has 3 rings (SSSR count). The normalized spacial score (nSPS) is 19.0.